The zero-order valence-electron chi connectivity index (χ0n) is 13.0. The van der Waals surface area contributed by atoms with Crippen LogP contribution in [0.5, 0.6) is 0 Å². The van der Waals surface area contributed by atoms with E-state index in [1.165, 1.54) is 6.26 Å². The molecule has 1 aliphatic rings. The fourth-order valence-electron chi connectivity index (χ4n) is 2.96. The SMILES string of the molecule is CCCN(CCS(C)(=O)=O)[C@@H]1C[C@H](OCC)C1(C)C. The quantitative estimate of drug-likeness (QED) is 0.686. The molecule has 114 valence electrons. The van der Waals surface area contributed by atoms with Gasteiger partial charge in [-0.05, 0) is 26.3 Å². The summed E-state index contributed by atoms with van der Waals surface area (Å²) in [5.41, 5.74) is 0.114. The van der Waals surface area contributed by atoms with Gasteiger partial charge in [0.1, 0.15) is 9.84 Å². The maximum atomic E-state index is 11.3. The molecule has 0 unspecified atom stereocenters. The smallest absolute Gasteiger partial charge is 0.148 e. The van der Waals surface area contributed by atoms with Crippen molar-refractivity contribution in [1.82, 2.24) is 4.90 Å². The Balaban J connectivity index is 2.63. The Bertz CT molecular complexity index is 378. The molecule has 1 rings (SSSR count). The lowest BCUT2D eigenvalue weighted by Crippen LogP contribution is -2.62. The molecule has 2 atom stereocenters. The fraction of sp³-hybridized carbons (Fsp3) is 1.00. The molecule has 0 spiro atoms. The van der Waals surface area contributed by atoms with Crippen LogP contribution in [0.3, 0.4) is 0 Å². The molecule has 0 saturated heterocycles. The van der Waals surface area contributed by atoms with Crippen molar-refractivity contribution in [3.63, 3.8) is 0 Å². The van der Waals surface area contributed by atoms with Crippen molar-refractivity contribution in [2.24, 2.45) is 5.41 Å². The van der Waals surface area contributed by atoms with Gasteiger partial charge >= 0.3 is 0 Å². The number of sulfone groups is 1. The first kappa shape index (κ1) is 16.9. The molecule has 1 aliphatic carbocycles. The number of hydrogen-bond donors (Lipinski definition) is 0. The summed E-state index contributed by atoms with van der Waals surface area (Å²) in [6.07, 6.45) is 3.69. The monoisotopic (exact) mass is 291 g/mol. The van der Waals surface area contributed by atoms with E-state index in [2.05, 4.69) is 25.7 Å². The highest BCUT2D eigenvalue weighted by molar-refractivity contribution is 7.90. The first-order valence-electron chi connectivity index (χ1n) is 7.25. The van der Waals surface area contributed by atoms with Gasteiger partial charge < -0.3 is 4.74 Å². The first-order valence-corrected chi connectivity index (χ1v) is 9.31. The van der Waals surface area contributed by atoms with Crippen LogP contribution in [0.15, 0.2) is 0 Å². The molecule has 19 heavy (non-hydrogen) atoms. The van der Waals surface area contributed by atoms with E-state index >= 15 is 0 Å². The standard InChI is InChI=1S/C14H29NO3S/c1-6-8-15(9-10-19(5,16)17)12-11-13(18-7-2)14(12,3)4/h12-13H,6-11H2,1-5H3/t12-,13+/m1/s1. The van der Waals surface area contributed by atoms with Gasteiger partial charge in [-0.25, -0.2) is 8.42 Å². The van der Waals surface area contributed by atoms with Gasteiger partial charge in [0.2, 0.25) is 0 Å². The number of hydrogen-bond acceptors (Lipinski definition) is 4. The Morgan fingerprint density at radius 3 is 2.32 bits per heavy atom. The molecular weight excluding hydrogens is 262 g/mol. The minimum absolute atomic E-state index is 0.114. The predicted molar refractivity (Wildman–Crippen MR) is 79.2 cm³/mol. The molecule has 0 N–H and O–H groups in total. The lowest BCUT2D eigenvalue weighted by molar-refractivity contribution is -0.148. The Morgan fingerprint density at radius 2 is 1.89 bits per heavy atom. The predicted octanol–water partition coefficient (Wildman–Crippen LogP) is 1.95. The summed E-state index contributed by atoms with van der Waals surface area (Å²) in [6.45, 7) is 11.0. The molecule has 5 heteroatoms. The summed E-state index contributed by atoms with van der Waals surface area (Å²) in [6, 6.07) is 0.436. The largest absolute Gasteiger partial charge is 0.378 e. The van der Waals surface area contributed by atoms with Crippen molar-refractivity contribution in [2.45, 2.75) is 52.7 Å². The van der Waals surface area contributed by atoms with Crippen molar-refractivity contribution >= 4 is 9.84 Å². The maximum absolute atomic E-state index is 11.3. The maximum Gasteiger partial charge on any atom is 0.148 e. The lowest BCUT2D eigenvalue weighted by Gasteiger charge is -2.56. The van der Waals surface area contributed by atoms with Crippen molar-refractivity contribution in [2.75, 3.05) is 31.7 Å². The van der Waals surface area contributed by atoms with Gasteiger partial charge in [0, 0.05) is 30.9 Å². The van der Waals surface area contributed by atoms with Gasteiger partial charge in [0.15, 0.2) is 0 Å². The van der Waals surface area contributed by atoms with Gasteiger partial charge in [0.25, 0.3) is 0 Å². The van der Waals surface area contributed by atoms with Crippen LogP contribution >= 0.6 is 0 Å². The third-order valence-corrected chi connectivity index (χ3v) is 5.12. The molecule has 0 amide bonds. The Hall–Kier alpha value is -0.130. The van der Waals surface area contributed by atoms with E-state index < -0.39 is 9.84 Å². The molecule has 0 bridgehead atoms. The highest BCUT2D eigenvalue weighted by Gasteiger charge is 2.51. The van der Waals surface area contributed by atoms with Crippen LogP contribution < -0.4 is 0 Å². The zero-order chi connectivity index (χ0) is 14.7. The molecule has 0 aromatic carbocycles. The van der Waals surface area contributed by atoms with Crippen LogP contribution in [0.1, 0.15) is 40.5 Å². The van der Waals surface area contributed by atoms with Gasteiger partial charge in [-0.2, -0.15) is 0 Å². The fourth-order valence-corrected chi connectivity index (χ4v) is 3.53. The third kappa shape index (κ3) is 4.43. The van der Waals surface area contributed by atoms with E-state index in [9.17, 15) is 8.42 Å². The second-order valence-corrected chi connectivity index (χ2v) is 8.44. The summed E-state index contributed by atoms with van der Waals surface area (Å²) in [4.78, 5) is 2.33. The highest BCUT2D eigenvalue weighted by atomic mass is 32.2. The third-order valence-electron chi connectivity index (χ3n) is 4.19. The molecule has 1 saturated carbocycles. The molecule has 0 heterocycles. The van der Waals surface area contributed by atoms with Crippen molar-refractivity contribution in [1.29, 1.82) is 0 Å². The summed E-state index contributed by atoms with van der Waals surface area (Å²) in [5.74, 6) is 0.249. The minimum atomic E-state index is -2.89. The molecule has 0 aromatic rings. The van der Waals surface area contributed by atoms with Gasteiger partial charge in [-0.1, -0.05) is 20.8 Å². The molecule has 0 aliphatic heterocycles. The second-order valence-electron chi connectivity index (χ2n) is 6.18. The summed E-state index contributed by atoms with van der Waals surface area (Å²) in [7, 11) is -2.89. The minimum Gasteiger partial charge on any atom is -0.378 e. The Kier molecular flexibility index (Phi) is 5.83. The Labute approximate surface area is 118 Å². The van der Waals surface area contributed by atoms with Crippen molar-refractivity contribution in [3.8, 4) is 0 Å². The van der Waals surface area contributed by atoms with Crippen LogP contribution in [0, 0.1) is 5.41 Å². The van der Waals surface area contributed by atoms with Crippen LogP contribution in [-0.2, 0) is 14.6 Å². The zero-order valence-corrected chi connectivity index (χ0v) is 13.8. The molecule has 0 aromatic heterocycles. The number of ether oxygens (including phenoxy) is 1. The van der Waals surface area contributed by atoms with Crippen molar-refractivity contribution < 1.29 is 13.2 Å². The van der Waals surface area contributed by atoms with E-state index in [-0.39, 0.29) is 11.2 Å². The molecule has 0 radical (unpaired) electrons. The van der Waals surface area contributed by atoms with Crippen LogP contribution in [0.2, 0.25) is 0 Å². The van der Waals surface area contributed by atoms with Crippen LogP contribution in [0.4, 0.5) is 0 Å². The van der Waals surface area contributed by atoms with Gasteiger partial charge in [-0.15, -0.1) is 0 Å². The van der Waals surface area contributed by atoms with E-state index in [4.69, 9.17) is 4.74 Å². The lowest BCUT2D eigenvalue weighted by atomic mass is 9.63. The number of nitrogens with zero attached hydrogens (tertiary/aromatic N) is 1. The first-order chi connectivity index (χ1) is 8.72. The molecule has 4 nitrogen and oxygen atoms in total. The highest BCUT2D eigenvalue weighted by Crippen LogP contribution is 2.45. The second kappa shape index (κ2) is 6.55. The van der Waals surface area contributed by atoms with Gasteiger partial charge in [0.05, 0.1) is 11.9 Å². The Morgan fingerprint density at radius 1 is 1.26 bits per heavy atom. The van der Waals surface area contributed by atoms with E-state index in [0.29, 0.717) is 18.7 Å². The topological polar surface area (TPSA) is 46.6 Å². The normalized spacial score (nSPS) is 26.4. The van der Waals surface area contributed by atoms with Crippen molar-refractivity contribution in [3.05, 3.63) is 0 Å². The summed E-state index contributed by atoms with van der Waals surface area (Å²) < 4.78 is 28.4. The summed E-state index contributed by atoms with van der Waals surface area (Å²) in [5, 5.41) is 0. The average molecular weight is 291 g/mol. The molecule has 1 fully saturated rings. The van der Waals surface area contributed by atoms with Crippen LogP contribution in [0.25, 0.3) is 0 Å². The van der Waals surface area contributed by atoms with Crippen LogP contribution in [-0.4, -0.2) is 57.2 Å². The number of rotatable bonds is 8. The summed E-state index contributed by atoms with van der Waals surface area (Å²) >= 11 is 0. The average Bonchev–Trinajstić information content (AvgIpc) is 2.29. The van der Waals surface area contributed by atoms with Gasteiger partial charge in [-0.3, -0.25) is 4.90 Å². The van der Waals surface area contributed by atoms with E-state index in [0.717, 1.165) is 26.0 Å². The molecular formula is C14H29NO3S. The van der Waals surface area contributed by atoms with E-state index in [1.54, 1.807) is 0 Å². The van der Waals surface area contributed by atoms with E-state index in [1.807, 2.05) is 6.92 Å².